The Bertz CT molecular complexity index is 475. The van der Waals surface area contributed by atoms with E-state index in [0.717, 1.165) is 5.56 Å². The third-order valence-corrected chi connectivity index (χ3v) is 4.15. The first-order chi connectivity index (χ1) is 9.79. The smallest absolute Gasteiger partial charge is 0.165 e. The molecular formula is C18H26O3. The summed E-state index contributed by atoms with van der Waals surface area (Å²) in [6.07, 6.45) is 0.144. The van der Waals surface area contributed by atoms with Crippen molar-refractivity contribution < 1.29 is 14.3 Å². The molecule has 1 aromatic carbocycles. The number of benzene rings is 1. The van der Waals surface area contributed by atoms with Gasteiger partial charge in [-0.3, -0.25) is 4.79 Å². The summed E-state index contributed by atoms with van der Waals surface area (Å²) in [5.41, 5.74) is 0.655. The highest BCUT2D eigenvalue weighted by Crippen LogP contribution is 2.35. The van der Waals surface area contributed by atoms with Gasteiger partial charge >= 0.3 is 0 Å². The molecule has 1 heterocycles. The molecule has 2 rings (SSSR count). The van der Waals surface area contributed by atoms with Crippen LogP contribution >= 0.6 is 0 Å². The molecule has 0 bridgehead atoms. The SMILES string of the molecule is C[C@H]1[C@H](C)O[C@H](C(C)(C)C)O[C@@H]1CC(=O)c1ccccc1. The summed E-state index contributed by atoms with van der Waals surface area (Å²) >= 11 is 0. The topological polar surface area (TPSA) is 35.5 Å². The number of ether oxygens (including phenoxy) is 2. The summed E-state index contributed by atoms with van der Waals surface area (Å²) in [5.74, 6) is 0.338. The average Bonchev–Trinajstić information content (AvgIpc) is 2.43. The summed E-state index contributed by atoms with van der Waals surface area (Å²) < 4.78 is 12.0. The lowest BCUT2D eigenvalue weighted by atomic mass is 9.89. The number of Topliss-reactive ketones (excluding diaryl/α,β-unsaturated/α-hetero) is 1. The molecule has 0 spiro atoms. The Labute approximate surface area is 127 Å². The van der Waals surface area contributed by atoms with Crippen LogP contribution in [-0.4, -0.2) is 24.3 Å². The molecule has 3 nitrogen and oxygen atoms in total. The quantitative estimate of drug-likeness (QED) is 0.787. The molecule has 4 atom stereocenters. The van der Waals surface area contributed by atoms with Crippen molar-refractivity contribution in [2.75, 3.05) is 0 Å². The van der Waals surface area contributed by atoms with Crippen LogP contribution in [0.5, 0.6) is 0 Å². The molecule has 1 aliphatic rings. The van der Waals surface area contributed by atoms with Gasteiger partial charge in [-0.05, 0) is 6.92 Å². The van der Waals surface area contributed by atoms with Crippen molar-refractivity contribution >= 4 is 5.78 Å². The zero-order valence-electron chi connectivity index (χ0n) is 13.6. The second-order valence-electron chi connectivity index (χ2n) is 7.07. The van der Waals surface area contributed by atoms with Gasteiger partial charge in [0.15, 0.2) is 12.1 Å². The summed E-state index contributed by atoms with van der Waals surface area (Å²) in [5, 5.41) is 0. The second kappa shape index (κ2) is 6.29. The van der Waals surface area contributed by atoms with Gasteiger partial charge in [0, 0.05) is 23.3 Å². The molecule has 0 radical (unpaired) electrons. The number of hydrogen-bond donors (Lipinski definition) is 0. The normalized spacial score (nSPS) is 30.1. The highest BCUT2D eigenvalue weighted by Gasteiger charge is 2.40. The lowest BCUT2D eigenvalue weighted by Gasteiger charge is -2.44. The summed E-state index contributed by atoms with van der Waals surface area (Å²) in [4.78, 5) is 12.4. The molecule has 0 amide bonds. The van der Waals surface area contributed by atoms with Gasteiger partial charge in [0.05, 0.1) is 12.2 Å². The van der Waals surface area contributed by atoms with E-state index >= 15 is 0 Å². The van der Waals surface area contributed by atoms with Crippen LogP contribution in [0.3, 0.4) is 0 Å². The van der Waals surface area contributed by atoms with Crippen molar-refractivity contribution in [3.05, 3.63) is 35.9 Å². The van der Waals surface area contributed by atoms with Crippen molar-refractivity contribution in [3.8, 4) is 0 Å². The van der Waals surface area contributed by atoms with Crippen LogP contribution in [0, 0.1) is 11.3 Å². The molecule has 0 unspecified atom stereocenters. The van der Waals surface area contributed by atoms with Gasteiger partial charge in [-0.15, -0.1) is 0 Å². The van der Waals surface area contributed by atoms with E-state index in [1.807, 2.05) is 30.3 Å². The van der Waals surface area contributed by atoms with Crippen molar-refractivity contribution in [1.82, 2.24) is 0 Å². The summed E-state index contributed by atoms with van der Waals surface area (Å²) in [6, 6.07) is 9.42. The van der Waals surface area contributed by atoms with Crippen LogP contribution in [0.2, 0.25) is 0 Å². The zero-order chi connectivity index (χ0) is 15.6. The minimum absolute atomic E-state index is 0.0920. The molecule has 0 saturated carbocycles. The van der Waals surface area contributed by atoms with Crippen molar-refractivity contribution in [2.45, 2.75) is 59.5 Å². The van der Waals surface area contributed by atoms with E-state index in [0.29, 0.717) is 6.42 Å². The molecule has 0 aliphatic carbocycles. The number of ketones is 1. The van der Waals surface area contributed by atoms with Gasteiger partial charge < -0.3 is 9.47 Å². The Hall–Kier alpha value is -1.19. The maximum atomic E-state index is 12.4. The van der Waals surface area contributed by atoms with Gasteiger partial charge in [-0.2, -0.15) is 0 Å². The van der Waals surface area contributed by atoms with E-state index in [1.54, 1.807) is 0 Å². The Balaban J connectivity index is 2.08. The number of rotatable bonds is 3. The molecular weight excluding hydrogens is 264 g/mol. The molecule has 0 aromatic heterocycles. The molecule has 1 aliphatic heterocycles. The van der Waals surface area contributed by atoms with Crippen LogP contribution in [0.25, 0.3) is 0 Å². The first kappa shape index (κ1) is 16.2. The molecule has 116 valence electrons. The van der Waals surface area contributed by atoms with Gasteiger partial charge in [-0.1, -0.05) is 58.0 Å². The van der Waals surface area contributed by atoms with Gasteiger partial charge in [-0.25, -0.2) is 0 Å². The van der Waals surface area contributed by atoms with E-state index in [4.69, 9.17) is 9.47 Å². The van der Waals surface area contributed by atoms with E-state index in [2.05, 4.69) is 34.6 Å². The van der Waals surface area contributed by atoms with E-state index < -0.39 is 0 Å². The van der Waals surface area contributed by atoms with Crippen LogP contribution in [0.1, 0.15) is 51.4 Å². The lowest BCUT2D eigenvalue weighted by Crippen LogP contribution is -2.49. The Morgan fingerprint density at radius 2 is 1.71 bits per heavy atom. The third kappa shape index (κ3) is 3.92. The fraction of sp³-hybridized carbons (Fsp3) is 0.611. The maximum absolute atomic E-state index is 12.4. The largest absolute Gasteiger partial charge is 0.349 e. The monoisotopic (exact) mass is 290 g/mol. The van der Waals surface area contributed by atoms with Gasteiger partial charge in [0.25, 0.3) is 0 Å². The highest BCUT2D eigenvalue weighted by molar-refractivity contribution is 5.96. The molecule has 1 saturated heterocycles. The lowest BCUT2D eigenvalue weighted by molar-refractivity contribution is -0.293. The van der Waals surface area contributed by atoms with Crippen molar-refractivity contribution in [2.24, 2.45) is 11.3 Å². The molecule has 0 N–H and O–H groups in total. The predicted molar refractivity (Wildman–Crippen MR) is 83.2 cm³/mol. The molecule has 1 fully saturated rings. The van der Waals surface area contributed by atoms with Crippen LogP contribution in [-0.2, 0) is 9.47 Å². The summed E-state index contributed by atoms with van der Waals surface area (Å²) in [6.45, 7) is 10.4. The second-order valence-corrected chi connectivity index (χ2v) is 7.07. The average molecular weight is 290 g/mol. The summed E-state index contributed by atoms with van der Waals surface area (Å²) in [7, 11) is 0. The fourth-order valence-electron chi connectivity index (χ4n) is 2.50. The Morgan fingerprint density at radius 1 is 1.10 bits per heavy atom. The molecule has 21 heavy (non-hydrogen) atoms. The van der Waals surface area contributed by atoms with Crippen LogP contribution in [0.4, 0.5) is 0 Å². The number of carbonyl (C=O) groups is 1. The number of hydrogen-bond acceptors (Lipinski definition) is 3. The fourth-order valence-corrected chi connectivity index (χ4v) is 2.50. The van der Waals surface area contributed by atoms with Crippen molar-refractivity contribution in [1.29, 1.82) is 0 Å². The minimum Gasteiger partial charge on any atom is -0.349 e. The zero-order valence-corrected chi connectivity index (χ0v) is 13.6. The third-order valence-electron chi connectivity index (χ3n) is 4.15. The standard InChI is InChI=1S/C18H26O3/c1-12-13(2)20-17(18(3,4)5)21-16(12)11-15(19)14-9-7-6-8-10-14/h6-10,12-13,16-17H,11H2,1-5H3/t12-,13-,16+,17-/m0/s1. The first-order valence-corrected chi connectivity index (χ1v) is 7.68. The number of carbonyl (C=O) groups excluding carboxylic acids is 1. The highest BCUT2D eigenvalue weighted by atomic mass is 16.7. The van der Waals surface area contributed by atoms with Crippen LogP contribution < -0.4 is 0 Å². The van der Waals surface area contributed by atoms with Crippen molar-refractivity contribution in [3.63, 3.8) is 0 Å². The minimum atomic E-state index is -0.266. The van der Waals surface area contributed by atoms with Gasteiger partial charge in [0.2, 0.25) is 0 Å². The molecule has 3 heteroatoms. The Morgan fingerprint density at radius 3 is 2.29 bits per heavy atom. The molecule has 1 aromatic rings. The Kier molecular flexibility index (Phi) is 4.84. The van der Waals surface area contributed by atoms with E-state index in [9.17, 15) is 4.79 Å². The first-order valence-electron chi connectivity index (χ1n) is 7.68. The maximum Gasteiger partial charge on any atom is 0.165 e. The van der Waals surface area contributed by atoms with E-state index in [-0.39, 0.29) is 35.6 Å². The van der Waals surface area contributed by atoms with Crippen LogP contribution in [0.15, 0.2) is 30.3 Å². The van der Waals surface area contributed by atoms with E-state index in [1.165, 1.54) is 0 Å². The van der Waals surface area contributed by atoms with Gasteiger partial charge in [0.1, 0.15) is 0 Å². The predicted octanol–water partition coefficient (Wildman–Crippen LogP) is 4.07.